The molecule has 2 aromatic heterocycles. The third-order valence-electron chi connectivity index (χ3n) is 4.36. The van der Waals surface area contributed by atoms with Gasteiger partial charge in [0.1, 0.15) is 11.6 Å². The number of methoxy groups -OCH3 is 1. The molecule has 3 aromatic rings. The van der Waals surface area contributed by atoms with E-state index >= 15 is 0 Å². The molecular weight excluding hydrogens is 366 g/mol. The van der Waals surface area contributed by atoms with Gasteiger partial charge in [0.25, 0.3) is 17.4 Å². The topological polar surface area (TPSA) is 134 Å². The summed E-state index contributed by atoms with van der Waals surface area (Å²) in [6.45, 7) is 0. The first-order chi connectivity index (χ1) is 13.4. The van der Waals surface area contributed by atoms with Crippen molar-refractivity contribution in [2.45, 2.75) is 0 Å². The average Bonchev–Trinajstić information content (AvgIpc) is 3.27. The maximum absolute atomic E-state index is 12.4. The number of ether oxygens (including phenoxy) is 1. The van der Waals surface area contributed by atoms with Gasteiger partial charge in [0.15, 0.2) is 0 Å². The molecule has 4 rings (SSSR count). The van der Waals surface area contributed by atoms with Crippen molar-refractivity contribution >= 4 is 23.6 Å². The third-order valence-corrected chi connectivity index (χ3v) is 4.36. The number of nitrogens with two attached hydrogens (primary N) is 1. The lowest BCUT2D eigenvalue weighted by Crippen LogP contribution is -2.24. The first-order valence-electron chi connectivity index (χ1n) is 8.11. The predicted octanol–water partition coefficient (Wildman–Crippen LogP) is 1.35. The van der Waals surface area contributed by atoms with E-state index in [0.717, 1.165) is 10.6 Å². The zero-order chi connectivity index (χ0) is 20.0. The molecule has 1 aromatic carbocycles. The highest BCUT2D eigenvalue weighted by molar-refractivity contribution is 6.23. The number of nitrogens with one attached hydrogen (secondary N) is 1. The number of esters is 1. The van der Waals surface area contributed by atoms with Crippen LogP contribution in [-0.4, -0.2) is 29.5 Å². The van der Waals surface area contributed by atoms with Gasteiger partial charge in [-0.1, -0.05) is 0 Å². The number of carbonyl (C=O) groups is 3. The molecule has 9 heteroatoms. The third kappa shape index (κ3) is 2.57. The molecule has 9 nitrogen and oxygen atoms in total. The smallest absolute Gasteiger partial charge is 0.373 e. The van der Waals surface area contributed by atoms with E-state index in [-0.39, 0.29) is 22.7 Å². The van der Waals surface area contributed by atoms with Crippen molar-refractivity contribution in [3.63, 3.8) is 0 Å². The Bertz CT molecular complexity index is 1200. The molecule has 28 heavy (non-hydrogen) atoms. The number of furan rings is 1. The second-order valence-corrected chi connectivity index (χ2v) is 5.98. The van der Waals surface area contributed by atoms with E-state index < -0.39 is 23.3 Å². The fourth-order valence-electron chi connectivity index (χ4n) is 3.02. The molecule has 0 saturated heterocycles. The number of rotatable bonds is 3. The number of amides is 2. The minimum atomic E-state index is -0.648. The molecule has 1 aliphatic heterocycles. The van der Waals surface area contributed by atoms with Crippen LogP contribution in [0, 0.1) is 0 Å². The Labute approximate surface area is 157 Å². The van der Waals surface area contributed by atoms with E-state index in [4.69, 9.17) is 10.2 Å². The summed E-state index contributed by atoms with van der Waals surface area (Å²) in [5.41, 5.74) is 6.45. The Morgan fingerprint density at radius 1 is 1.07 bits per heavy atom. The summed E-state index contributed by atoms with van der Waals surface area (Å²) in [5.74, 6) is -1.50. The van der Waals surface area contributed by atoms with Crippen LogP contribution in [0.15, 0.2) is 51.7 Å². The second kappa shape index (κ2) is 6.23. The number of benzene rings is 1. The van der Waals surface area contributed by atoms with E-state index in [2.05, 4.69) is 10.1 Å². The van der Waals surface area contributed by atoms with E-state index in [0.29, 0.717) is 17.0 Å². The zero-order valence-corrected chi connectivity index (χ0v) is 14.5. The standard InChI is InChI=1S/C19H13N3O6/c1-27-19(26)13-7-6-12(28-13)9-2-4-10(5-3-9)22-14(23)8-11-15(16(22)20)18(25)21-17(11)24/h2-8H,20H2,1H3,(H,21,24,25). The summed E-state index contributed by atoms with van der Waals surface area (Å²) in [4.78, 5) is 47.6. The molecule has 0 saturated carbocycles. The monoisotopic (exact) mass is 379 g/mol. The summed E-state index contributed by atoms with van der Waals surface area (Å²) >= 11 is 0. The Morgan fingerprint density at radius 3 is 2.46 bits per heavy atom. The summed E-state index contributed by atoms with van der Waals surface area (Å²) in [6, 6.07) is 10.7. The van der Waals surface area contributed by atoms with Gasteiger partial charge >= 0.3 is 5.97 Å². The Kier molecular flexibility index (Phi) is 3.85. The first kappa shape index (κ1) is 17.3. The number of anilines is 1. The summed E-state index contributed by atoms with van der Waals surface area (Å²) in [7, 11) is 1.26. The van der Waals surface area contributed by atoms with E-state index in [1.807, 2.05) is 0 Å². The van der Waals surface area contributed by atoms with Gasteiger partial charge in [-0.05, 0) is 36.4 Å². The van der Waals surface area contributed by atoms with Gasteiger partial charge in [-0.15, -0.1) is 0 Å². The average molecular weight is 379 g/mol. The number of aromatic nitrogens is 1. The van der Waals surface area contributed by atoms with Gasteiger partial charge in [0.2, 0.25) is 5.76 Å². The van der Waals surface area contributed by atoms with Crippen LogP contribution in [0.5, 0.6) is 0 Å². The fourth-order valence-corrected chi connectivity index (χ4v) is 3.02. The van der Waals surface area contributed by atoms with Crippen molar-refractivity contribution in [1.82, 2.24) is 9.88 Å². The minimum absolute atomic E-state index is 0.0255. The molecule has 1 aliphatic rings. The Balaban J connectivity index is 1.74. The minimum Gasteiger partial charge on any atom is -0.463 e. The number of hydrogen-bond acceptors (Lipinski definition) is 7. The molecule has 0 fully saturated rings. The second-order valence-electron chi connectivity index (χ2n) is 5.98. The van der Waals surface area contributed by atoms with Crippen LogP contribution >= 0.6 is 0 Å². The molecule has 0 bridgehead atoms. The van der Waals surface area contributed by atoms with Crippen molar-refractivity contribution in [3.8, 4) is 17.0 Å². The Morgan fingerprint density at radius 2 is 1.79 bits per heavy atom. The molecule has 0 spiro atoms. The number of hydrogen-bond donors (Lipinski definition) is 2. The SMILES string of the molecule is COC(=O)c1ccc(-c2ccc(-n3c(N)c4c(cc3=O)C(=O)NC4=O)cc2)o1. The lowest BCUT2D eigenvalue weighted by Gasteiger charge is -2.12. The van der Waals surface area contributed by atoms with Gasteiger partial charge in [-0.2, -0.15) is 0 Å². The van der Waals surface area contributed by atoms with E-state index in [1.54, 1.807) is 30.3 Å². The number of nitrogens with zero attached hydrogens (tertiary/aromatic N) is 1. The molecule has 0 unspecified atom stereocenters. The van der Waals surface area contributed by atoms with Crippen LogP contribution in [0.4, 0.5) is 5.82 Å². The quantitative estimate of drug-likeness (QED) is 0.518. The molecule has 3 N–H and O–H groups in total. The highest BCUT2D eigenvalue weighted by Gasteiger charge is 2.31. The van der Waals surface area contributed by atoms with Crippen LogP contribution in [0.25, 0.3) is 17.0 Å². The van der Waals surface area contributed by atoms with Crippen molar-refractivity contribution in [3.05, 3.63) is 69.7 Å². The highest BCUT2D eigenvalue weighted by atomic mass is 16.5. The largest absolute Gasteiger partial charge is 0.463 e. The number of fused-ring (bicyclic) bond motifs is 1. The van der Waals surface area contributed by atoms with Gasteiger partial charge in [0.05, 0.1) is 23.9 Å². The summed E-state index contributed by atoms with van der Waals surface area (Å²) in [5, 5.41) is 2.12. The lowest BCUT2D eigenvalue weighted by molar-refractivity contribution is 0.0565. The van der Waals surface area contributed by atoms with Crippen LogP contribution in [0.1, 0.15) is 31.3 Å². The van der Waals surface area contributed by atoms with Crippen LogP contribution < -0.4 is 16.6 Å². The van der Waals surface area contributed by atoms with Crippen molar-refractivity contribution in [1.29, 1.82) is 0 Å². The van der Waals surface area contributed by atoms with Crippen LogP contribution in [0.2, 0.25) is 0 Å². The molecule has 0 radical (unpaired) electrons. The number of carbonyl (C=O) groups excluding carboxylic acids is 3. The molecule has 2 amide bonds. The lowest BCUT2D eigenvalue weighted by atomic mass is 10.1. The molecule has 140 valence electrons. The zero-order valence-electron chi connectivity index (χ0n) is 14.5. The molecule has 0 atom stereocenters. The van der Waals surface area contributed by atoms with Gasteiger partial charge in [-0.3, -0.25) is 24.3 Å². The maximum atomic E-state index is 12.4. The molecule has 0 aliphatic carbocycles. The normalized spacial score (nSPS) is 12.6. The highest BCUT2D eigenvalue weighted by Crippen LogP contribution is 2.26. The number of nitrogen functional groups attached to an aromatic ring is 1. The van der Waals surface area contributed by atoms with E-state index in [9.17, 15) is 19.2 Å². The Hall–Kier alpha value is -4.14. The number of imide groups is 1. The first-order valence-corrected chi connectivity index (χ1v) is 8.11. The van der Waals surface area contributed by atoms with E-state index in [1.165, 1.54) is 13.2 Å². The van der Waals surface area contributed by atoms with Crippen molar-refractivity contribution < 1.29 is 23.5 Å². The van der Waals surface area contributed by atoms with Crippen molar-refractivity contribution in [2.75, 3.05) is 12.8 Å². The van der Waals surface area contributed by atoms with Crippen molar-refractivity contribution in [2.24, 2.45) is 0 Å². The van der Waals surface area contributed by atoms with Gasteiger partial charge in [-0.25, -0.2) is 4.79 Å². The van der Waals surface area contributed by atoms with Crippen LogP contribution in [-0.2, 0) is 4.74 Å². The molecule has 3 heterocycles. The molecular formula is C19H13N3O6. The van der Waals surface area contributed by atoms with Gasteiger partial charge in [0, 0.05) is 11.6 Å². The summed E-state index contributed by atoms with van der Waals surface area (Å²) in [6.07, 6.45) is 0. The van der Waals surface area contributed by atoms with Gasteiger partial charge < -0.3 is 14.9 Å². The predicted molar refractivity (Wildman–Crippen MR) is 97.3 cm³/mol. The maximum Gasteiger partial charge on any atom is 0.373 e. The fraction of sp³-hybridized carbons (Fsp3) is 0.0526. The van der Waals surface area contributed by atoms with Crippen LogP contribution in [0.3, 0.4) is 0 Å². The number of pyridine rings is 1. The summed E-state index contributed by atoms with van der Waals surface area (Å²) < 4.78 is 11.2.